The van der Waals surface area contributed by atoms with Crippen LogP contribution in [0, 0.1) is 0 Å². The number of carbonyl (C=O) groups excluding carboxylic acids is 1. The smallest absolute Gasteiger partial charge is 0.364 e. The molecule has 4 rings (SSSR count). The molecule has 0 unspecified atom stereocenters. The van der Waals surface area contributed by atoms with E-state index in [-0.39, 0.29) is 11.3 Å². The molecule has 0 saturated heterocycles. The maximum absolute atomic E-state index is 12.8. The highest BCUT2D eigenvalue weighted by molar-refractivity contribution is 6.03. The van der Waals surface area contributed by atoms with Crippen molar-refractivity contribution in [2.24, 2.45) is 0 Å². The van der Waals surface area contributed by atoms with E-state index in [1.54, 1.807) is 30.3 Å². The van der Waals surface area contributed by atoms with Crippen molar-refractivity contribution in [3.63, 3.8) is 0 Å². The second kappa shape index (κ2) is 7.03. The standard InChI is InChI=1S/C22H18N2O3/c1-2-13-24-21(25)19-10-6-5-9-18(19)20(23-24)22(26)27-17-12-11-15-7-3-4-8-16(15)14-17/h3-12,14H,2,13H2,1H3. The molecule has 5 heteroatoms. The summed E-state index contributed by atoms with van der Waals surface area (Å²) >= 11 is 0. The Hall–Kier alpha value is -3.47. The Labute approximate surface area is 155 Å². The van der Waals surface area contributed by atoms with Gasteiger partial charge in [-0.05, 0) is 35.4 Å². The zero-order chi connectivity index (χ0) is 18.8. The predicted octanol–water partition coefficient (Wildman–Crippen LogP) is 4.18. The second-order valence-electron chi connectivity index (χ2n) is 6.32. The van der Waals surface area contributed by atoms with E-state index in [2.05, 4.69) is 5.10 Å². The highest BCUT2D eigenvalue weighted by Gasteiger charge is 2.18. The largest absolute Gasteiger partial charge is 0.422 e. The summed E-state index contributed by atoms with van der Waals surface area (Å²) in [6.07, 6.45) is 0.740. The number of rotatable bonds is 4. The molecule has 5 nitrogen and oxygen atoms in total. The molecule has 1 aromatic heterocycles. The summed E-state index contributed by atoms with van der Waals surface area (Å²) in [4.78, 5) is 25.4. The lowest BCUT2D eigenvalue weighted by Gasteiger charge is -2.10. The van der Waals surface area contributed by atoms with Crippen molar-refractivity contribution in [1.29, 1.82) is 0 Å². The molecule has 0 aliphatic rings. The first-order valence-corrected chi connectivity index (χ1v) is 8.88. The van der Waals surface area contributed by atoms with Crippen LogP contribution in [0.4, 0.5) is 0 Å². The molecule has 0 atom stereocenters. The number of aryl methyl sites for hydroxylation is 1. The Kier molecular flexibility index (Phi) is 4.42. The Morgan fingerprint density at radius 2 is 1.67 bits per heavy atom. The molecule has 0 aliphatic heterocycles. The van der Waals surface area contributed by atoms with Crippen LogP contribution in [-0.2, 0) is 6.54 Å². The van der Waals surface area contributed by atoms with Crippen LogP contribution in [0.2, 0.25) is 0 Å². The summed E-state index contributed by atoms with van der Waals surface area (Å²) in [7, 11) is 0. The lowest BCUT2D eigenvalue weighted by atomic mass is 10.1. The molecule has 4 aromatic rings. The van der Waals surface area contributed by atoms with Crippen LogP contribution in [-0.4, -0.2) is 15.7 Å². The van der Waals surface area contributed by atoms with Gasteiger partial charge in [-0.3, -0.25) is 4.79 Å². The van der Waals surface area contributed by atoms with Crippen LogP contribution in [0.5, 0.6) is 5.75 Å². The van der Waals surface area contributed by atoms with Crippen LogP contribution in [0.1, 0.15) is 23.8 Å². The number of benzene rings is 3. The van der Waals surface area contributed by atoms with Gasteiger partial charge in [0, 0.05) is 11.9 Å². The summed E-state index contributed by atoms with van der Waals surface area (Å²) in [5, 5.41) is 7.29. The number of hydrogen-bond acceptors (Lipinski definition) is 4. The SMILES string of the molecule is CCCn1nc(C(=O)Oc2ccc3ccccc3c2)c2ccccc2c1=O. The Balaban J connectivity index is 1.77. The number of fused-ring (bicyclic) bond motifs is 2. The summed E-state index contributed by atoms with van der Waals surface area (Å²) in [6, 6.07) is 20.3. The lowest BCUT2D eigenvalue weighted by molar-refractivity contribution is 0.0728. The van der Waals surface area contributed by atoms with Crippen molar-refractivity contribution in [3.8, 4) is 5.75 Å². The number of hydrogen-bond donors (Lipinski definition) is 0. The van der Waals surface area contributed by atoms with Crippen molar-refractivity contribution in [2.75, 3.05) is 0 Å². The zero-order valence-corrected chi connectivity index (χ0v) is 14.9. The third-order valence-corrected chi connectivity index (χ3v) is 4.43. The number of nitrogens with zero attached hydrogens (tertiary/aromatic N) is 2. The van der Waals surface area contributed by atoms with Gasteiger partial charge in [-0.15, -0.1) is 0 Å². The third-order valence-electron chi connectivity index (χ3n) is 4.43. The fourth-order valence-corrected chi connectivity index (χ4v) is 3.14. The molecule has 27 heavy (non-hydrogen) atoms. The molecule has 0 amide bonds. The highest BCUT2D eigenvalue weighted by Crippen LogP contribution is 2.22. The maximum Gasteiger partial charge on any atom is 0.364 e. The minimum absolute atomic E-state index is 0.145. The van der Waals surface area contributed by atoms with E-state index >= 15 is 0 Å². The number of ether oxygens (including phenoxy) is 1. The lowest BCUT2D eigenvalue weighted by Crippen LogP contribution is -2.27. The Bertz CT molecular complexity index is 1210. The Morgan fingerprint density at radius 3 is 2.44 bits per heavy atom. The van der Waals surface area contributed by atoms with E-state index in [9.17, 15) is 9.59 Å². The average Bonchev–Trinajstić information content (AvgIpc) is 2.70. The van der Waals surface area contributed by atoms with Gasteiger partial charge in [0.1, 0.15) is 5.75 Å². The first-order valence-electron chi connectivity index (χ1n) is 8.88. The van der Waals surface area contributed by atoms with Crippen molar-refractivity contribution < 1.29 is 9.53 Å². The maximum atomic E-state index is 12.8. The fourth-order valence-electron chi connectivity index (χ4n) is 3.14. The molecule has 0 spiro atoms. The summed E-state index contributed by atoms with van der Waals surface area (Å²) in [5.74, 6) is -0.135. The van der Waals surface area contributed by atoms with Gasteiger partial charge in [-0.2, -0.15) is 5.10 Å². The molecule has 1 heterocycles. The third kappa shape index (κ3) is 3.19. The fraction of sp³-hybridized carbons (Fsp3) is 0.136. The zero-order valence-electron chi connectivity index (χ0n) is 14.9. The van der Waals surface area contributed by atoms with Crippen LogP contribution >= 0.6 is 0 Å². The highest BCUT2D eigenvalue weighted by atomic mass is 16.5. The molecule has 0 bridgehead atoms. The van der Waals surface area contributed by atoms with Crippen LogP contribution in [0.15, 0.2) is 71.5 Å². The Morgan fingerprint density at radius 1 is 0.963 bits per heavy atom. The normalized spacial score (nSPS) is 11.0. The number of aromatic nitrogens is 2. The van der Waals surface area contributed by atoms with Crippen LogP contribution in [0.25, 0.3) is 21.5 Å². The van der Waals surface area contributed by atoms with Crippen molar-refractivity contribution in [3.05, 3.63) is 82.8 Å². The predicted molar refractivity (Wildman–Crippen MR) is 105 cm³/mol. The molecule has 0 aliphatic carbocycles. The van der Waals surface area contributed by atoms with Gasteiger partial charge in [-0.1, -0.05) is 55.5 Å². The molecule has 0 radical (unpaired) electrons. The monoisotopic (exact) mass is 358 g/mol. The summed E-state index contributed by atoms with van der Waals surface area (Å²) in [5.41, 5.74) is -0.0542. The van der Waals surface area contributed by atoms with Crippen molar-refractivity contribution in [2.45, 2.75) is 19.9 Å². The summed E-state index contributed by atoms with van der Waals surface area (Å²) < 4.78 is 6.91. The topological polar surface area (TPSA) is 61.2 Å². The summed E-state index contributed by atoms with van der Waals surface area (Å²) in [6.45, 7) is 2.40. The molecular weight excluding hydrogens is 340 g/mol. The number of carbonyl (C=O) groups is 1. The van der Waals surface area contributed by atoms with E-state index in [0.717, 1.165) is 17.2 Å². The van der Waals surface area contributed by atoms with E-state index in [0.29, 0.717) is 23.1 Å². The van der Waals surface area contributed by atoms with E-state index < -0.39 is 5.97 Å². The first-order chi connectivity index (χ1) is 13.2. The quantitative estimate of drug-likeness (QED) is 0.406. The first kappa shape index (κ1) is 17.0. The van der Waals surface area contributed by atoms with Gasteiger partial charge in [0.05, 0.1) is 5.39 Å². The minimum atomic E-state index is -0.577. The average molecular weight is 358 g/mol. The number of esters is 1. The molecular formula is C22H18N2O3. The second-order valence-corrected chi connectivity index (χ2v) is 6.32. The van der Waals surface area contributed by atoms with Crippen LogP contribution in [0.3, 0.4) is 0 Å². The van der Waals surface area contributed by atoms with Gasteiger partial charge in [-0.25, -0.2) is 9.48 Å². The molecule has 0 fully saturated rings. The molecule has 3 aromatic carbocycles. The van der Waals surface area contributed by atoms with Gasteiger partial charge in [0.15, 0.2) is 5.69 Å². The minimum Gasteiger partial charge on any atom is -0.422 e. The van der Waals surface area contributed by atoms with Crippen molar-refractivity contribution >= 4 is 27.5 Å². The molecule has 0 saturated carbocycles. The molecule has 134 valence electrons. The van der Waals surface area contributed by atoms with Crippen LogP contribution < -0.4 is 10.3 Å². The van der Waals surface area contributed by atoms with Gasteiger partial charge in [0.2, 0.25) is 0 Å². The van der Waals surface area contributed by atoms with Gasteiger partial charge < -0.3 is 4.74 Å². The van der Waals surface area contributed by atoms with Gasteiger partial charge >= 0.3 is 5.97 Å². The van der Waals surface area contributed by atoms with E-state index in [4.69, 9.17) is 4.74 Å². The van der Waals surface area contributed by atoms with Crippen molar-refractivity contribution in [1.82, 2.24) is 9.78 Å². The van der Waals surface area contributed by atoms with E-state index in [1.807, 2.05) is 43.3 Å². The van der Waals surface area contributed by atoms with Gasteiger partial charge in [0.25, 0.3) is 5.56 Å². The molecule has 0 N–H and O–H groups in total. The van der Waals surface area contributed by atoms with E-state index in [1.165, 1.54) is 4.68 Å².